The summed E-state index contributed by atoms with van der Waals surface area (Å²) >= 11 is 1.89. The van der Waals surface area contributed by atoms with Crippen LogP contribution in [0.15, 0.2) is 11.1 Å². The van der Waals surface area contributed by atoms with Gasteiger partial charge >= 0.3 is 0 Å². The average molecular weight is 172 g/mol. The first-order chi connectivity index (χ1) is 5.24. The van der Waals surface area contributed by atoms with E-state index in [2.05, 4.69) is 29.9 Å². The van der Waals surface area contributed by atoms with E-state index in [1.165, 1.54) is 5.70 Å². The van der Waals surface area contributed by atoms with E-state index in [1.54, 1.807) is 0 Å². The van der Waals surface area contributed by atoms with Crippen molar-refractivity contribution in [3.8, 4) is 0 Å². The number of rotatable bonds is 3. The Morgan fingerprint density at radius 1 is 1.73 bits per heavy atom. The molecule has 0 aromatic rings. The highest BCUT2D eigenvalue weighted by Gasteiger charge is 2.18. The highest BCUT2D eigenvalue weighted by molar-refractivity contribution is 8.02. The van der Waals surface area contributed by atoms with Crippen LogP contribution in [-0.2, 0) is 0 Å². The largest absolute Gasteiger partial charge is 0.375 e. The van der Waals surface area contributed by atoms with Gasteiger partial charge in [0, 0.05) is 12.2 Å². The van der Waals surface area contributed by atoms with Gasteiger partial charge in [-0.3, -0.25) is 0 Å². The lowest BCUT2D eigenvalue weighted by molar-refractivity contribution is 0.555. The third-order valence-corrected chi connectivity index (χ3v) is 3.03. The molecule has 1 heterocycles. The van der Waals surface area contributed by atoms with Crippen LogP contribution in [0.25, 0.3) is 0 Å². The fraction of sp³-hybridized carbons (Fsp3) is 0.750. The molecule has 0 bridgehead atoms. The molecule has 1 rings (SSSR count). The van der Waals surface area contributed by atoms with Crippen molar-refractivity contribution < 1.29 is 0 Å². The smallest absolute Gasteiger partial charge is 0.0784 e. The van der Waals surface area contributed by atoms with Crippen LogP contribution < -0.4 is 10.6 Å². The zero-order valence-corrected chi connectivity index (χ0v) is 8.16. The molecule has 0 spiro atoms. The summed E-state index contributed by atoms with van der Waals surface area (Å²) in [7, 11) is 1.97. The van der Waals surface area contributed by atoms with Crippen LogP contribution in [0.3, 0.4) is 0 Å². The van der Waals surface area contributed by atoms with Crippen LogP contribution in [0.4, 0.5) is 0 Å². The molecule has 0 radical (unpaired) electrons. The standard InChI is InChI=1S/C8H16N2S/c1-6(2)8-10-7(4-9-3)5-11-8/h5-6,8-10H,4H2,1-3H3. The molecule has 0 amide bonds. The quantitative estimate of drug-likeness (QED) is 0.672. The van der Waals surface area contributed by atoms with Crippen LogP contribution >= 0.6 is 11.8 Å². The van der Waals surface area contributed by atoms with Crippen molar-refractivity contribution in [1.82, 2.24) is 10.6 Å². The van der Waals surface area contributed by atoms with E-state index in [9.17, 15) is 0 Å². The van der Waals surface area contributed by atoms with Crippen molar-refractivity contribution in [1.29, 1.82) is 0 Å². The Labute approximate surface area is 72.8 Å². The molecule has 3 heteroatoms. The van der Waals surface area contributed by atoms with Gasteiger partial charge in [0.2, 0.25) is 0 Å². The van der Waals surface area contributed by atoms with Gasteiger partial charge in [-0.25, -0.2) is 0 Å². The van der Waals surface area contributed by atoms with E-state index in [0.29, 0.717) is 11.3 Å². The predicted molar refractivity (Wildman–Crippen MR) is 51.4 cm³/mol. The Balaban J connectivity index is 2.31. The highest BCUT2D eigenvalue weighted by Crippen LogP contribution is 2.25. The van der Waals surface area contributed by atoms with Gasteiger partial charge in [-0.15, -0.1) is 11.8 Å². The summed E-state index contributed by atoms with van der Waals surface area (Å²) < 4.78 is 0. The molecule has 0 aromatic heterocycles. The number of likely N-dealkylation sites (N-methyl/N-ethyl adjacent to an activating group) is 1. The minimum absolute atomic E-state index is 0.582. The number of thioether (sulfide) groups is 1. The average Bonchev–Trinajstić information content (AvgIpc) is 2.37. The Hall–Kier alpha value is -0.150. The SMILES string of the molecule is CNCC1=CSC(C(C)C)N1. The van der Waals surface area contributed by atoms with Crippen LogP contribution in [0, 0.1) is 5.92 Å². The van der Waals surface area contributed by atoms with E-state index in [4.69, 9.17) is 0 Å². The van der Waals surface area contributed by atoms with Gasteiger partial charge in [0.1, 0.15) is 0 Å². The summed E-state index contributed by atoms with van der Waals surface area (Å²) in [6.07, 6.45) is 0. The van der Waals surface area contributed by atoms with E-state index in [0.717, 1.165) is 6.54 Å². The molecule has 0 fully saturated rings. The summed E-state index contributed by atoms with van der Waals surface area (Å²) in [6.45, 7) is 5.43. The van der Waals surface area contributed by atoms with Gasteiger partial charge in [-0.1, -0.05) is 13.8 Å². The number of hydrogen-bond acceptors (Lipinski definition) is 3. The van der Waals surface area contributed by atoms with E-state index >= 15 is 0 Å². The molecule has 11 heavy (non-hydrogen) atoms. The summed E-state index contributed by atoms with van der Waals surface area (Å²) in [4.78, 5) is 0. The molecule has 0 saturated carbocycles. The van der Waals surface area contributed by atoms with Crippen LogP contribution in [0.1, 0.15) is 13.8 Å². The second-order valence-electron chi connectivity index (χ2n) is 3.12. The minimum atomic E-state index is 0.582. The molecule has 1 unspecified atom stereocenters. The molecule has 0 aliphatic carbocycles. The van der Waals surface area contributed by atoms with Crippen molar-refractivity contribution in [3.05, 3.63) is 11.1 Å². The van der Waals surface area contributed by atoms with Crippen LogP contribution in [0.5, 0.6) is 0 Å². The van der Waals surface area contributed by atoms with Crippen molar-refractivity contribution in [2.24, 2.45) is 5.92 Å². The molecule has 0 aromatic carbocycles. The molecular formula is C8H16N2S. The van der Waals surface area contributed by atoms with Gasteiger partial charge < -0.3 is 10.6 Å². The first-order valence-electron chi connectivity index (χ1n) is 3.99. The predicted octanol–water partition coefficient (Wildman–Crippen LogP) is 1.37. The van der Waals surface area contributed by atoms with E-state index < -0.39 is 0 Å². The maximum Gasteiger partial charge on any atom is 0.0784 e. The third-order valence-electron chi connectivity index (χ3n) is 1.66. The zero-order chi connectivity index (χ0) is 8.27. The van der Waals surface area contributed by atoms with E-state index in [-0.39, 0.29) is 0 Å². The molecule has 1 aliphatic rings. The molecule has 2 N–H and O–H groups in total. The van der Waals surface area contributed by atoms with Crippen molar-refractivity contribution in [2.45, 2.75) is 19.2 Å². The first-order valence-corrected chi connectivity index (χ1v) is 4.94. The topological polar surface area (TPSA) is 24.1 Å². The minimum Gasteiger partial charge on any atom is -0.375 e. The van der Waals surface area contributed by atoms with Crippen molar-refractivity contribution >= 4 is 11.8 Å². The lowest BCUT2D eigenvalue weighted by atomic mass is 10.2. The first kappa shape index (κ1) is 8.94. The van der Waals surface area contributed by atoms with E-state index in [1.807, 2.05) is 18.8 Å². The summed E-state index contributed by atoms with van der Waals surface area (Å²) in [6, 6.07) is 0. The Morgan fingerprint density at radius 3 is 2.91 bits per heavy atom. The molecule has 2 nitrogen and oxygen atoms in total. The lowest BCUT2D eigenvalue weighted by Gasteiger charge is -2.15. The third kappa shape index (κ3) is 2.42. The monoisotopic (exact) mass is 172 g/mol. The number of hydrogen-bond donors (Lipinski definition) is 2. The van der Waals surface area contributed by atoms with Gasteiger partial charge in [0.25, 0.3) is 0 Å². The maximum absolute atomic E-state index is 3.45. The lowest BCUT2D eigenvalue weighted by Crippen LogP contribution is -2.29. The van der Waals surface area contributed by atoms with Crippen LogP contribution in [0.2, 0.25) is 0 Å². The number of nitrogens with one attached hydrogen (secondary N) is 2. The molecule has 1 aliphatic heterocycles. The normalized spacial score (nSPS) is 23.6. The summed E-state index contributed by atoms with van der Waals surface area (Å²) in [5, 5.41) is 9.37. The Morgan fingerprint density at radius 2 is 2.45 bits per heavy atom. The zero-order valence-electron chi connectivity index (χ0n) is 7.35. The Bertz CT molecular complexity index is 154. The summed E-state index contributed by atoms with van der Waals surface area (Å²) in [5.74, 6) is 0.700. The maximum atomic E-state index is 3.45. The second kappa shape index (κ2) is 4.02. The second-order valence-corrected chi connectivity index (χ2v) is 4.13. The Kier molecular flexibility index (Phi) is 3.27. The fourth-order valence-electron chi connectivity index (χ4n) is 1.01. The molecule has 1 atom stereocenters. The van der Waals surface area contributed by atoms with Gasteiger partial charge in [-0.2, -0.15) is 0 Å². The highest BCUT2D eigenvalue weighted by atomic mass is 32.2. The molecular weight excluding hydrogens is 156 g/mol. The van der Waals surface area contributed by atoms with Gasteiger partial charge in [0.05, 0.1) is 5.37 Å². The van der Waals surface area contributed by atoms with Crippen LogP contribution in [-0.4, -0.2) is 19.0 Å². The van der Waals surface area contributed by atoms with Crippen molar-refractivity contribution in [3.63, 3.8) is 0 Å². The van der Waals surface area contributed by atoms with Crippen molar-refractivity contribution in [2.75, 3.05) is 13.6 Å². The molecule has 64 valence electrons. The van der Waals surface area contributed by atoms with Gasteiger partial charge in [-0.05, 0) is 18.4 Å². The van der Waals surface area contributed by atoms with Gasteiger partial charge in [0.15, 0.2) is 0 Å². The fourth-order valence-corrected chi connectivity index (χ4v) is 2.01. The summed E-state index contributed by atoms with van der Waals surface area (Å²) in [5.41, 5.74) is 1.32. The molecule has 0 saturated heterocycles.